The van der Waals surface area contributed by atoms with Crippen LogP contribution in [0.3, 0.4) is 0 Å². The number of fused-ring (bicyclic) bond motifs is 1. The Balaban J connectivity index is 1.67. The van der Waals surface area contributed by atoms with Crippen LogP contribution < -0.4 is 11.1 Å². The van der Waals surface area contributed by atoms with Gasteiger partial charge in [-0.2, -0.15) is 0 Å². The van der Waals surface area contributed by atoms with E-state index in [-0.39, 0.29) is 5.92 Å². The quantitative estimate of drug-likeness (QED) is 0.362. The molecule has 3 N–H and O–H groups in total. The fraction of sp³-hybridized carbons (Fsp3) is 0.250. The van der Waals surface area contributed by atoms with E-state index in [0.29, 0.717) is 18.2 Å². The van der Waals surface area contributed by atoms with E-state index < -0.39 is 11.9 Å². The van der Waals surface area contributed by atoms with Crippen LogP contribution in [0.2, 0.25) is 0 Å². The molecule has 6 heteroatoms. The molecule has 0 fully saturated rings. The summed E-state index contributed by atoms with van der Waals surface area (Å²) in [6.45, 7) is 6.03. The zero-order valence-corrected chi connectivity index (χ0v) is 19.7. The number of nitrogens with zero attached hydrogens (tertiary/aromatic N) is 3. The Morgan fingerprint density at radius 3 is 1.94 bits per heavy atom. The van der Waals surface area contributed by atoms with Crippen LogP contribution in [0.5, 0.6) is 0 Å². The average molecular weight is 454 g/mol. The van der Waals surface area contributed by atoms with Gasteiger partial charge in [0.15, 0.2) is 0 Å². The molecular formula is C28H31N5O. The van der Waals surface area contributed by atoms with Gasteiger partial charge in [-0.3, -0.25) is 9.69 Å². The number of aromatic nitrogens is 2. The van der Waals surface area contributed by atoms with Crippen LogP contribution in [0.15, 0.2) is 84.9 Å². The van der Waals surface area contributed by atoms with Gasteiger partial charge in [0.25, 0.3) is 0 Å². The minimum atomic E-state index is -0.518. The standard InChI is InChI=1S/C28H31N5O/c1-20(2)26(27(29)34)32-28-23-15-9-10-16-24(23)30-25(31-28)19-33(17-21-11-5-3-6-12-21)18-22-13-7-4-8-14-22/h3-16,20,26H,17-19H2,1-2H3,(H2,29,34)(H,30,31,32). The van der Waals surface area contributed by atoms with E-state index in [4.69, 9.17) is 15.7 Å². The number of para-hydroxylation sites is 1. The second-order valence-corrected chi connectivity index (χ2v) is 8.89. The minimum absolute atomic E-state index is 0.0299. The SMILES string of the molecule is CC(C)C(Nc1nc(CN(Cc2ccccc2)Cc2ccccc2)nc2ccccc12)C(N)=O. The number of primary amides is 1. The van der Waals surface area contributed by atoms with E-state index in [9.17, 15) is 4.79 Å². The highest BCUT2D eigenvalue weighted by atomic mass is 16.1. The van der Waals surface area contributed by atoms with Gasteiger partial charge in [0.05, 0.1) is 12.1 Å². The van der Waals surface area contributed by atoms with Crippen molar-refractivity contribution in [3.63, 3.8) is 0 Å². The largest absolute Gasteiger partial charge is 0.368 e. The Kier molecular flexibility index (Phi) is 7.50. The van der Waals surface area contributed by atoms with Crippen molar-refractivity contribution in [3.8, 4) is 0 Å². The molecule has 0 aliphatic heterocycles. The molecule has 0 aliphatic carbocycles. The first-order valence-electron chi connectivity index (χ1n) is 11.6. The Morgan fingerprint density at radius 2 is 1.38 bits per heavy atom. The van der Waals surface area contributed by atoms with Crippen molar-refractivity contribution in [2.45, 2.75) is 39.5 Å². The minimum Gasteiger partial charge on any atom is -0.368 e. The van der Waals surface area contributed by atoms with Crippen LogP contribution in [0.25, 0.3) is 10.9 Å². The second-order valence-electron chi connectivity index (χ2n) is 8.89. The highest BCUT2D eigenvalue weighted by Crippen LogP contribution is 2.23. The van der Waals surface area contributed by atoms with E-state index in [2.05, 4.69) is 58.7 Å². The van der Waals surface area contributed by atoms with Gasteiger partial charge in [-0.25, -0.2) is 9.97 Å². The van der Waals surface area contributed by atoms with E-state index in [1.807, 2.05) is 50.2 Å². The first kappa shape index (κ1) is 23.4. The van der Waals surface area contributed by atoms with Crippen LogP contribution in [0, 0.1) is 5.92 Å². The summed E-state index contributed by atoms with van der Waals surface area (Å²) in [4.78, 5) is 24.1. The van der Waals surface area contributed by atoms with Gasteiger partial charge in [0, 0.05) is 18.5 Å². The number of hydrogen-bond donors (Lipinski definition) is 2. The van der Waals surface area contributed by atoms with Gasteiger partial charge in [-0.05, 0) is 29.2 Å². The number of anilines is 1. The lowest BCUT2D eigenvalue weighted by molar-refractivity contribution is -0.119. The predicted molar refractivity (Wildman–Crippen MR) is 137 cm³/mol. The Bertz CT molecular complexity index is 1190. The molecule has 1 atom stereocenters. The lowest BCUT2D eigenvalue weighted by Crippen LogP contribution is -2.40. The number of rotatable bonds is 10. The van der Waals surface area contributed by atoms with Gasteiger partial charge in [0.1, 0.15) is 17.7 Å². The van der Waals surface area contributed by atoms with E-state index in [1.165, 1.54) is 11.1 Å². The van der Waals surface area contributed by atoms with Crippen molar-refractivity contribution in [1.82, 2.24) is 14.9 Å². The normalized spacial score (nSPS) is 12.2. The van der Waals surface area contributed by atoms with Crippen molar-refractivity contribution in [3.05, 3.63) is 102 Å². The maximum atomic E-state index is 12.1. The Hall–Kier alpha value is -3.77. The Morgan fingerprint density at radius 1 is 0.824 bits per heavy atom. The molecule has 0 aliphatic rings. The number of benzene rings is 3. The molecule has 0 bridgehead atoms. The molecule has 34 heavy (non-hydrogen) atoms. The maximum absolute atomic E-state index is 12.1. The summed E-state index contributed by atoms with van der Waals surface area (Å²) < 4.78 is 0. The molecule has 4 rings (SSSR count). The average Bonchev–Trinajstić information content (AvgIpc) is 2.83. The second kappa shape index (κ2) is 10.9. The zero-order valence-electron chi connectivity index (χ0n) is 19.7. The van der Waals surface area contributed by atoms with Crippen LogP contribution in [-0.4, -0.2) is 26.8 Å². The molecule has 174 valence electrons. The summed E-state index contributed by atoms with van der Waals surface area (Å²) in [7, 11) is 0. The fourth-order valence-corrected chi connectivity index (χ4v) is 4.07. The lowest BCUT2D eigenvalue weighted by atomic mass is 10.0. The summed E-state index contributed by atoms with van der Waals surface area (Å²) in [6.07, 6.45) is 0. The summed E-state index contributed by atoms with van der Waals surface area (Å²) in [5, 5.41) is 4.16. The van der Waals surface area contributed by atoms with Crippen molar-refractivity contribution < 1.29 is 4.79 Å². The number of carbonyl (C=O) groups is 1. The molecular weight excluding hydrogens is 422 g/mol. The highest BCUT2D eigenvalue weighted by Gasteiger charge is 2.22. The summed E-state index contributed by atoms with van der Waals surface area (Å²) in [6, 6.07) is 28.1. The molecule has 1 aromatic heterocycles. The fourth-order valence-electron chi connectivity index (χ4n) is 4.07. The van der Waals surface area contributed by atoms with Crippen molar-refractivity contribution in [2.75, 3.05) is 5.32 Å². The number of amides is 1. The molecule has 6 nitrogen and oxygen atoms in total. The number of nitrogens with two attached hydrogens (primary N) is 1. The van der Waals surface area contributed by atoms with E-state index in [1.54, 1.807) is 0 Å². The molecule has 0 radical (unpaired) electrons. The Labute approximate surface area is 200 Å². The summed E-state index contributed by atoms with van der Waals surface area (Å²) in [5.74, 6) is 0.967. The number of carbonyl (C=O) groups excluding carboxylic acids is 1. The first-order chi connectivity index (χ1) is 16.5. The van der Waals surface area contributed by atoms with Crippen molar-refractivity contribution >= 4 is 22.6 Å². The topological polar surface area (TPSA) is 84.1 Å². The molecule has 0 spiro atoms. The van der Waals surface area contributed by atoms with Gasteiger partial charge in [-0.1, -0.05) is 86.6 Å². The predicted octanol–water partition coefficient (Wildman–Crippen LogP) is 4.75. The smallest absolute Gasteiger partial charge is 0.240 e. The molecule has 3 aromatic carbocycles. The summed E-state index contributed by atoms with van der Waals surface area (Å²) >= 11 is 0. The molecule has 4 aromatic rings. The number of hydrogen-bond acceptors (Lipinski definition) is 5. The first-order valence-corrected chi connectivity index (χ1v) is 11.6. The van der Waals surface area contributed by atoms with Crippen LogP contribution in [0.1, 0.15) is 30.8 Å². The zero-order chi connectivity index (χ0) is 23.9. The molecule has 1 unspecified atom stereocenters. The molecule has 0 saturated heterocycles. The molecule has 1 heterocycles. The third kappa shape index (κ3) is 5.97. The molecule has 1 amide bonds. The maximum Gasteiger partial charge on any atom is 0.240 e. The third-order valence-corrected chi connectivity index (χ3v) is 5.78. The van der Waals surface area contributed by atoms with Gasteiger partial charge in [0.2, 0.25) is 5.91 Å². The van der Waals surface area contributed by atoms with Crippen molar-refractivity contribution in [2.24, 2.45) is 11.7 Å². The summed E-state index contributed by atoms with van der Waals surface area (Å²) in [5.41, 5.74) is 8.96. The van der Waals surface area contributed by atoms with E-state index in [0.717, 1.165) is 24.0 Å². The van der Waals surface area contributed by atoms with Gasteiger partial charge in [-0.15, -0.1) is 0 Å². The van der Waals surface area contributed by atoms with Crippen LogP contribution >= 0.6 is 0 Å². The molecule has 0 saturated carbocycles. The van der Waals surface area contributed by atoms with Crippen LogP contribution in [-0.2, 0) is 24.4 Å². The lowest BCUT2D eigenvalue weighted by Gasteiger charge is -2.24. The third-order valence-electron chi connectivity index (χ3n) is 5.78. The highest BCUT2D eigenvalue weighted by molar-refractivity contribution is 5.91. The van der Waals surface area contributed by atoms with Gasteiger partial charge < -0.3 is 11.1 Å². The van der Waals surface area contributed by atoms with Crippen LogP contribution in [0.4, 0.5) is 5.82 Å². The number of nitrogens with one attached hydrogen (secondary N) is 1. The van der Waals surface area contributed by atoms with Crippen molar-refractivity contribution in [1.29, 1.82) is 0 Å². The monoisotopic (exact) mass is 453 g/mol. The van der Waals surface area contributed by atoms with E-state index >= 15 is 0 Å². The van der Waals surface area contributed by atoms with Gasteiger partial charge >= 0.3 is 0 Å².